The van der Waals surface area contributed by atoms with E-state index in [0.717, 1.165) is 0 Å². The molecule has 0 saturated carbocycles. The molecule has 0 bridgehead atoms. The number of hydrogen-bond donors (Lipinski definition) is 2. The predicted molar refractivity (Wildman–Crippen MR) is 110 cm³/mol. The van der Waals surface area contributed by atoms with Crippen LogP contribution >= 0.6 is 11.3 Å². The fourth-order valence-electron chi connectivity index (χ4n) is 3.80. The van der Waals surface area contributed by atoms with Crippen LogP contribution in [0.25, 0.3) is 11.3 Å². The SMILES string of the molecule is O=C(N[C@H]1CO[C@H]2[C@@H]1OC[C@@H]2Nc1nccc(-c2cccc(F)c2)n1)c1cccs1. The van der Waals surface area contributed by atoms with Gasteiger partial charge in [0.25, 0.3) is 5.91 Å². The average Bonchev–Trinajstić information content (AvgIpc) is 3.49. The van der Waals surface area contributed by atoms with Crippen molar-refractivity contribution in [1.29, 1.82) is 0 Å². The standard InChI is InChI=1S/C21H19FN4O3S/c22-13-4-1-3-12(9-13)14-6-7-23-21(25-14)26-16-11-29-18-15(10-28-19(16)18)24-20(27)17-5-2-8-30-17/h1-9,15-16,18-19H,10-11H2,(H,24,27)(H,23,25,26)/t15-,16-,18+,19+/m0/s1. The van der Waals surface area contributed by atoms with Crippen molar-refractivity contribution >= 4 is 23.2 Å². The topological polar surface area (TPSA) is 85.4 Å². The second kappa shape index (κ2) is 8.10. The third kappa shape index (κ3) is 3.79. The number of carbonyl (C=O) groups is 1. The van der Waals surface area contributed by atoms with E-state index in [0.29, 0.717) is 35.3 Å². The third-order valence-corrected chi connectivity index (χ3v) is 6.07. The Kier molecular flexibility index (Phi) is 5.16. The molecule has 2 fully saturated rings. The summed E-state index contributed by atoms with van der Waals surface area (Å²) in [6.45, 7) is 0.795. The van der Waals surface area contributed by atoms with Crippen LogP contribution in [-0.2, 0) is 9.47 Å². The van der Waals surface area contributed by atoms with Crippen molar-refractivity contribution in [2.75, 3.05) is 18.5 Å². The van der Waals surface area contributed by atoms with Gasteiger partial charge < -0.3 is 20.1 Å². The minimum absolute atomic E-state index is 0.120. The average molecular weight is 426 g/mol. The maximum absolute atomic E-state index is 13.5. The number of thiophene rings is 1. The van der Waals surface area contributed by atoms with Crippen molar-refractivity contribution in [3.05, 3.63) is 64.7 Å². The summed E-state index contributed by atoms with van der Waals surface area (Å²) >= 11 is 1.40. The van der Waals surface area contributed by atoms with Gasteiger partial charge in [0.05, 0.1) is 35.9 Å². The molecule has 0 unspecified atom stereocenters. The largest absolute Gasteiger partial charge is 0.371 e. The maximum Gasteiger partial charge on any atom is 0.261 e. The van der Waals surface area contributed by atoms with Crippen molar-refractivity contribution in [1.82, 2.24) is 15.3 Å². The highest BCUT2D eigenvalue weighted by Crippen LogP contribution is 2.29. The molecule has 4 atom stereocenters. The zero-order chi connectivity index (χ0) is 20.5. The highest BCUT2D eigenvalue weighted by Gasteiger charge is 2.48. The Hall–Kier alpha value is -2.88. The number of hydrogen-bond acceptors (Lipinski definition) is 7. The van der Waals surface area contributed by atoms with E-state index in [-0.39, 0.29) is 36.0 Å². The Balaban J connectivity index is 1.25. The van der Waals surface area contributed by atoms with Gasteiger partial charge in [-0.2, -0.15) is 0 Å². The lowest BCUT2D eigenvalue weighted by atomic mass is 10.1. The Morgan fingerprint density at radius 3 is 2.73 bits per heavy atom. The van der Waals surface area contributed by atoms with Gasteiger partial charge in [-0.1, -0.05) is 18.2 Å². The number of nitrogens with one attached hydrogen (secondary N) is 2. The van der Waals surface area contributed by atoms with E-state index in [2.05, 4.69) is 20.6 Å². The smallest absolute Gasteiger partial charge is 0.261 e. The summed E-state index contributed by atoms with van der Waals surface area (Å²) in [7, 11) is 0. The molecule has 5 rings (SSSR count). The van der Waals surface area contributed by atoms with Crippen LogP contribution in [0.1, 0.15) is 9.67 Å². The van der Waals surface area contributed by atoms with Gasteiger partial charge in [0.15, 0.2) is 0 Å². The molecule has 7 nitrogen and oxygen atoms in total. The molecule has 0 spiro atoms. The quantitative estimate of drug-likeness (QED) is 0.653. The van der Waals surface area contributed by atoms with E-state index in [9.17, 15) is 9.18 Å². The maximum atomic E-state index is 13.5. The number of ether oxygens (including phenoxy) is 2. The van der Waals surface area contributed by atoms with Crippen molar-refractivity contribution in [2.45, 2.75) is 24.3 Å². The number of halogens is 1. The second-order valence-electron chi connectivity index (χ2n) is 7.18. The highest BCUT2D eigenvalue weighted by molar-refractivity contribution is 7.12. The van der Waals surface area contributed by atoms with Crippen LogP contribution in [-0.4, -0.2) is 53.4 Å². The molecular weight excluding hydrogens is 407 g/mol. The van der Waals surface area contributed by atoms with Crippen LogP contribution in [0, 0.1) is 5.82 Å². The molecule has 2 aliphatic rings. The lowest BCUT2D eigenvalue weighted by Crippen LogP contribution is -2.44. The lowest BCUT2D eigenvalue weighted by Gasteiger charge is -2.18. The van der Waals surface area contributed by atoms with Crippen molar-refractivity contribution < 1.29 is 18.7 Å². The molecule has 0 radical (unpaired) electrons. The van der Waals surface area contributed by atoms with E-state index in [4.69, 9.17) is 9.47 Å². The zero-order valence-electron chi connectivity index (χ0n) is 15.8. The van der Waals surface area contributed by atoms with Gasteiger partial charge in [-0.3, -0.25) is 4.79 Å². The van der Waals surface area contributed by atoms with Gasteiger partial charge >= 0.3 is 0 Å². The summed E-state index contributed by atoms with van der Waals surface area (Å²) in [5.74, 6) is -0.0197. The van der Waals surface area contributed by atoms with E-state index in [1.54, 1.807) is 30.5 Å². The summed E-state index contributed by atoms with van der Waals surface area (Å²) in [6.07, 6.45) is 1.17. The third-order valence-electron chi connectivity index (χ3n) is 5.21. The number of fused-ring (bicyclic) bond motifs is 1. The Labute approximate surface area is 176 Å². The molecule has 2 aliphatic heterocycles. The molecule has 154 valence electrons. The van der Waals surface area contributed by atoms with Gasteiger partial charge in [0.2, 0.25) is 5.95 Å². The number of carbonyl (C=O) groups excluding carboxylic acids is 1. The number of aromatic nitrogens is 2. The molecule has 0 aliphatic carbocycles. The summed E-state index contributed by atoms with van der Waals surface area (Å²) in [4.78, 5) is 21.8. The minimum atomic E-state index is -0.317. The predicted octanol–water partition coefficient (Wildman–Crippen LogP) is 2.72. The molecular formula is C21H19FN4O3S. The molecule has 30 heavy (non-hydrogen) atoms. The van der Waals surface area contributed by atoms with E-state index >= 15 is 0 Å². The number of benzene rings is 1. The van der Waals surface area contributed by atoms with Crippen molar-refractivity contribution in [2.24, 2.45) is 0 Å². The van der Waals surface area contributed by atoms with Gasteiger partial charge in [0.1, 0.15) is 18.0 Å². The lowest BCUT2D eigenvalue weighted by molar-refractivity contribution is 0.0652. The monoisotopic (exact) mass is 426 g/mol. The first-order valence-corrected chi connectivity index (χ1v) is 10.5. The van der Waals surface area contributed by atoms with E-state index in [1.807, 2.05) is 11.4 Å². The minimum Gasteiger partial charge on any atom is -0.371 e. The number of amides is 1. The first-order chi connectivity index (χ1) is 14.7. The number of nitrogens with zero attached hydrogens (tertiary/aromatic N) is 2. The van der Waals surface area contributed by atoms with E-state index in [1.165, 1.54) is 23.5 Å². The van der Waals surface area contributed by atoms with Gasteiger partial charge in [-0.05, 0) is 29.6 Å². The summed E-state index contributed by atoms with van der Waals surface area (Å²) in [6, 6.07) is 11.3. The van der Waals surface area contributed by atoms with Crippen molar-refractivity contribution in [3.8, 4) is 11.3 Å². The van der Waals surface area contributed by atoms with Crippen LogP contribution < -0.4 is 10.6 Å². The Morgan fingerprint density at radius 2 is 1.93 bits per heavy atom. The normalized spacial score (nSPS) is 25.1. The number of rotatable bonds is 5. The van der Waals surface area contributed by atoms with Crippen LogP contribution in [0.3, 0.4) is 0 Å². The zero-order valence-corrected chi connectivity index (χ0v) is 16.6. The fourth-order valence-corrected chi connectivity index (χ4v) is 4.42. The van der Waals surface area contributed by atoms with E-state index < -0.39 is 0 Å². The van der Waals surface area contributed by atoms with Crippen LogP contribution in [0.5, 0.6) is 0 Å². The summed E-state index contributed by atoms with van der Waals surface area (Å²) < 4.78 is 25.4. The van der Waals surface area contributed by atoms with Gasteiger partial charge in [-0.15, -0.1) is 11.3 Å². The molecule has 2 N–H and O–H groups in total. The first-order valence-electron chi connectivity index (χ1n) is 9.60. The first kappa shape index (κ1) is 19.1. The van der Waals surface area contributed by atoms with Crippen LogP contribution in [0.2, 0.25) is 0 Å². The Bertz CT molecular complexity index is 1050. The molecule has 9 heteroatoms. The van der Waals surface area contributed by atoms with Gasteiger partial charge in [0, 0.05) is 11.8 Å². The van der Waals surface area contributed by atoms with Crippen LogP contribution in [0.4, 0.5) is 10.3 Å². The fraction of sp³-hybridized carbons (Fsp3) is 0.286. The molecule has 2 aromatic heterocycles. The highest BCUT2D eigenvalue weighted by atomic mass is 32.1. The molecule has 1 amide bonds. The summed E-state index contributed by atoms with van der Waals surface area (Å²) in [5, 5.41) is 8.13. The second-order valence-corrected chi connectivity index (χ2v) is 8.13. The molecule has 1 aromatic carbocycles. The molecule has 4 heterocycles. The van der Waals surface area contributed by atoms with Crippen molar-refractivity contribution in [3.63, 3.8) is 0 Å². The number of anilines is 1. The van der Waals surface area contributed by atoms with Crippen LogP contribution in [0.15, 0.2) is 54.0 Å². The summed E-state index contributed by atoms with van der Waals surface area (Å²) in [5.41, 5.74) is 1.30. The van der Waals surface area contributed by atoms with Gasteiger partial charge in [-0.25, -0.2) is 14.4 Å². The Morgan fingerprint density at radius 1 is 1.10 bits per heavy atom. The molecule has 3 aromatic rings. The molecule has 2 saturated heterocycles.